The van der Waals surface area contributed by atoms with Crippen LogP contribution in [0.4, 0.5) is 0 Å². The van der Waals surface area contributed by atoms with Crippen molar-refractivity contribution in [1.29, 1.82) is 0 Å². The molecule has 2 rings (SSSR count). The van der Waals surface area contributed by atoms with E-state index in [1.807, 2.05) is 0 Å². The molecule has 2 unspecified atom stereocenters. The van der Waals surface area contributed by atoms with E-state index in [1.165, 1.54) is 38.8 Å². The van der Waals surface area contributed by atoms with Gasteiger partial charge in [0.25, 0.3) is 0 Å². The molecule has 2 heteroatoms. The summed E-state index contributed by atoms with van der Waals surface area (Å²) in [5.74, 6) is 1.01. The third kappa shape index (κ3) is 2.12. The Morgan fingerprint density at radius 3 is 2.57 bits per heavy atom. The van der Waals surface area contributed by atoms with Crippen LogP contribution in [-0.2, 0) is 0 Å². The summed E-state index contributed by atoms with van der Waals surface area (Å²) in [4.78, 5) is 2.55. The van der Waals surface area contributed by atoms with E-state index in [2.05, 4.69) is 18.7 Å². The second-order valence-corrected chi connectivity index (χ2v) is 5.75. The van der Waals surface area contributed by atoms with Crippen molar-refractivity contribution >= 4 is 0 Å². The maximum Gasteiger partial charge on any atom is 0.0230 e. The molecule has 2 fully saturated rings. The fourth-order valence-corrected chi connectivity index (χ4v) is 2.67. The Morgan fingerprint density at radius 1 is 1.43 bits per heavy atom. The average Bonchev–Trinajstić information content (AvgIpc) is 2.67. The fraction of sp³-hybridized carbons (Fsp3) is 1.00. The topological polar surface area (TPSA) is 29.3 Å². The van der Waals surface area contributed by atoms with Crippen LogP contribution >= 0.6 is 0 Å². The maximum absolute atomic E-state index is 5.67. The van der Waals surface area contributed by atoms with Gasteiger partial charge < -0.3 is 5.73 Å². The fourth-order valence-electron chi connectivity index (χ4n) is 2.67. The van der Waals surface area contributed by atoms with Crippen LogP contribution in [0.5, 0.6) is 0 Å². The number of hydrogen-bond donors (Lipinski definition) is 1. The molecule has 1 aliphatic heterocycles. The zero-order valence-electron chi connectivity index (χ0n) is 9.63. The highest BCUT2D eigenvalue weighted by Crippen LogP contribution is 2.54. The molecule has 2 nitrogen and oxygen atoms in total. The Hall–Kier alpha value is -0.0800. The van der Waals surface area contributed by atoms with Gasteiger partial charge in [0.1, 0.15) is 0 Å². The van der Waals surface area contributed by atoms with Gasteiger partial charge in [0.15, 0.2) is 0 Å². The van der Waals surface area contributed by atoms with E-state index >= 15 is 0 Å². The highest BCUT2D eigenvalue weighted by atomic mass is 15.2. The van der Waals surface area contributed by atoms with Crippen LogP contribution in [0.15, 0.2) is 0 Å². The van der Waals surface area contributed by atoms with Gasteiger partial charge >= 0.3 is 0 Å². The minimum Gasteiger partial charge on any atom is -0.329 e. The summed E-state index contributed by atoms with van der Waals surface area (Å²) in [5.41, 5.74) is 6.34. The molecule has 14 heavy (non-hydrogen) atoms. The normalized spacial score (nSPS) is 35.4. The summed E-state index contributed by atoms with van der Waals surface area (Å²) in [6.07, 6.45) is 5.59. The van der Waals surface area contributed by atoms with E-state index in [0.717, 1.165) is 12.5 Å². The molecule has 82 valence electrons. The number of hydrogen-bond acceptors (Lipinski definition) is 2. The number of nitrogens with zero attached hydrogens (tertiary/aromatic N) is 1. The molecule has 0 aromatic heterocycles. The zero-order chi connectivity index (χ0) is 10.2. The third-order valence-corrected chi connectivity index (χ3v) is 4.25. The van der Waals surface area contributed by atoms with Crippen molar-refractivity contribution in [2.75, 3.05) is 19.6 Å². The zero-order valence-corrected chi connectivity index (χ0v) is 9.63. The molecule has 0 aromatic rings. The highest BCUT2D eigenvalue weighted by molar-refractivity contribution is 4.95. The lowest BCUT2D eigenvalue weighted by molar-refractivity contribution is 0.0939. The predicted octanol–water partition coefficient (Wildman–Crippen LogP) is 1.85. The van der Waals surface area contributed by atoms with Gasteiger partial charge in [-0.05, 0) is 43.6 Å². The number of nitrogens with two attached hydrogens (primary N) is 1. The van der Waals surface area contributed by atoms with Crippen molar-refractivity contribution in [3.05, 3.63) is 0 Å². The lowest BCUT2D eigenvalue weighted by atomic mass is 10.0. The van der Waals surface area contributed by atoms with Crippen LogP contribution in [0.2, 0.25) is 0 Å². The van der Waals surface area contributed by atoms with Gasteiger partial charge in [-0.2, -0.15) is 0 Å². The SMILES string of the molecule is CC1(C)CC1CCCN1CCC1CN. The summed E-state index contributed by atoms with van der Waals surface area (Å²) in [5, 5.41) is 0. The predicted molar refractivity (Wildman–Crippen MR) is 60.2 cm³/mol. The van der Waals surface area contributed by atoms with Gasteiger partial charge in [-0.3, -0.25) is 4.90 Å². The molecule has 2 N–H and O–H groups in total. The van der Waals surface area contributed by atoms with Crippen LogP contribution in [0.25, 0.3) is 0 Å². The quantitative estimate of drug-likeness (QED) is 0.727. The van der Waals surface area contributed by atoms with Crippen LogP contribution in [0.3, 0.4) is 0 Å². The molecule has 0 spiro atoms. The summed E-state index contributed by atoms with van der Waals surface area (Å²) in [6, 6.07) is 0.710. The Kier molecular flexibility index (Phi) is 2.85. The lowest BCUT2D eigenvalue weighted by Crippen LogP contribution is -2.51. The number of rotatable bonds is 5. The molecule has 1 saturated heterocycles. The van der Waals surface area contributed by atoms with Gasteiger partial charge in [0, 0.05) is 19.1 Å². The molecule has 1 saturated carbocycles. The van der Waals surface area contributed by atoms with Crippen molar-refractivity contribution in [3.63, 3.8) is 0 Å². The molecule has 0 amide bonds. The monoisotopic (exact) mass is 196 g/mol. The molecule has 1 aliphatic carbocycles. The minimum atomic E-state index is 0.669. The lowest BCUT2D eigenvalue weighted by Gasteiger charge is -2.40. The van der Waals surface area contributed by atoms with Gasteiger partial charge in [-0.15, -0.1) is 0 Å². The molecular weight excluding hydrogens is 172 g/mol. The summed E-state index contributed by atoms with van der Waals surface area (Å²) in [6.45, 7) is 8.22. The Labute approximate surface area is 87.8 Å². The number of likely N-dealkylation sites (tertiary alicyclic amines) is 1. The van der Waals surface area contributed by atoms with Crippen molar-refractivity contribution in [1.82, 2.24) is 4.90 Å². The van der Waals surface area contributed by atoms with E-state index in [4.69, 9.17) is 5.73 Å². The first-order valence-electron chi connectivity index (χ1n) is 6.07. The van der Waals surface area contributed by atoms with Crippen LogP contribution in [-0.4, -0.2) is 30.6 Å². The van der Waals surface area contributed by atoms with Crippen molar-refractivity contribution in [2.45, 2.75) is 45.6 Å². The maximum atomic E-state index is 5.67. The summed E-state index contributed by atoms with van der Waals surface area (Å²) >= 11 is 0. The second kappa shape index (κ2) is 3.82. The summed E-state index contributed by atoms with van der Waals surface area (Å²) < 4.78 is 0. The largest absolute Gasteiger partial charge is 0.329 e. The summed E-state index contributed by atoms with van der Waals surface area (Å²) in [7, 11) is 0. The van der Waals surface area contributed by atoms with E-state index in [1.54, 1.807) is 0 Å². The Bertz CT molecular complexity index is 198. The van der Waals surface area contributed by atoms with Crippen LogP contribution in [0, 0.1) is 11.3 Å². The second-order valence-electron chi connectivity index (χ2n) is 5.75. The molecule has 1 heterocycles. The van der Waals surface area contributed by atoms with Crippen molar-refractivity contribution in [3.8, 4) is 0 Å². The first-order valence-corrected chi connectivity index (χ1v) is 6.07. The van der Waals surface area contributed by atoms with Crippen molar-refractivity contribution < 1.29 is 0 Å². The minimum absolute atomic E-state index is 0.669. The van der Waals surface area contributed by atoms with Gasteiger partial charge in [0.05, 0.1) is 0 Å². The molecule has 0 radical (unpaired) electrons. The Balaban J connectivity index is 1.56. The van der Waals surface area contributed by atoms with Gasteiger partial charge in [-0.25, -0.2) is 0 Å². The first-order chi connectivity index (χ1) is 6.63. The van der Waals surface area contributed by atoms with E-state index in [-0.39, 0.29) is 0 Å². The Morgan fingerprint density at radius 2 is 2.14 bits per heavy atom. The van der Waals surface area contributed by atoms with Crippen LogP contribution in [0.1, 0.15) is 39.5 Å². The first kappa shape index (κ1) is 10.4. The van der Waals surface area contributed by atoms with Gasteiger partial charge in [0.2, 0.25) is 0 Å². The molecular formula is C12H24N2. The average molecular weight is 196 g/mol. The highest BCUT2D eigenvalue weighted by Gasteiger charge is 2.44. The van der Waals surface area contributed by atoms with E-state index in [0.29, 0.717) is 11.5 Å². The van der Waals surface area contributed by atoms with Crippen LogP contribution < -0.4 is 5.73 Å². The van der Waals surface area contributed by atoms with E-state index in [9.17, 15) is 0 Å². The molecule has 2 aliphatic rings. The molecule has 0 bridgehead atoms. The third-order valence-electron chi connectivity index (χ3n) is 4.25. The van der Waals surface area contributed by atoms with E-state index < -0.39 is 0 Å². The standard InChI is InChI=1S/C12H24N2/c1-12(2)8-10(12)4-3-6-14-7-5-11(14)9-13/h10-11H,3-9,13H2,1-2H3. The molecule has 2 atom stereocenters. The molecule has 0 aromatic carbocycles. The smallest absolute Gasteiger partial charge is 0.0230 e. The van der Waals surface area contributed by atoms with Crippen molar-refractivity contribution in [2.24, 2.45) is 17.1 Å². The van der Waals surface area contributed by atoms with Gasteiger partial charge in [-0.1, -0.05) is 13.8 Å².